The number of hydrogen-bond donors (Lipinski definition) is 1. The molecule has 1 amide bonds. The number of benzene rings is 2. The summed E-state index contributed by atoms with van der Waals surface area (Å²) in [5.74, 6) is 0.437. The number of nitrogens with one attached hydrogen (secondary N) is 1. The standard InChI is InChI=1S/C20H23ClN2O2/c1-25-19-10-9-17(13-18(19)21)22-20(24)16-7-5-15(6-8-16)14-23-11-3-2-4-12-23/h5-10,13H,2-4,11-12,14H2,1H3,(H,22,24). The van der Waals surface area contributed by atoms with Crippen molar-refractivity contribution in [1.82, 2.24) is 4.90 Å². The van der Waals surface area contributed by atoms with Crippen LogP contribution in [0.3, 0.4) is 0 Å². The van der Waals surface area contributed by atoms with Crippen LogP contribution in [0.4, 0.5) is 5.69 Å². The molecule has 0 radical (unpaired) electrons. The molecule has 0 unspecified atom stereocenters. The van der Waals surface area contributed by atoms with Crippen LogP contribution in [0.25, 0.3) is 0 Å². The molecule has 0 aliphatic carbocycles. The Kier molecular flexibility index (Phi) is 5.95. The maximum Gasteiger partial charge on any atom is 0.255 e. The van der Waals surface area contributed by atoms with E-state index >= 15 is 0 Å². The topological polar surface area (TPSA) is 41.6 Å². The van der Waals surface area contributed by atoms with Crippen LogP contribution in [-0.2, 0) is 6.54 Å². The number of ether oxygens (including phenoxy) is 1. The minimum atomic E-state index is -0.147. The molecule has 3 rings (SSSR count). The molecule has 1 N–H and O–H groups in total. The number of piperidine rings is 1. The van der Waals surface area contributed by atoms with Gasteiger partial charge in [0.15, 0.2) is 0 Å². The Morgan fingerprint density at radius 2 is 1.84 bits per heavy atom. The molecule has 2 aromatic rings. The van der Waals surface area contributed by atoms with E-state index in [4.69, 9.17) is 16.3 Å². The zero-order chi connectivity index (χ0) is 17.6. The van der Waals surface area contributed by atoms with Gasteiger partial charge in [-0.1, -0.05) is 30.2 Å². The summed E-state index contributed by atoms with van der Waals surface area (Å²) < 4.78 is 5.12. The Balaban J connectivity index is 1.61. The molecule has 1 aliphatic heterocycles. The van der Waals surface area contributed by atoms with Crippen LogP contribution in [0.2, 0.25) is 5.02 Å². The molecule has 25 heavy (non-hydrogen) atoms. The van der Waals surface area contributed by atoms with Gasteiger partial charge in [0.05, 0.1) is 12.1 Å². The highest BCUT2D eigenvalue weighted by atomic mass is 35.5. The van der Waals surface area contributed by atoms with Crippen molar-refractivity contribution in [2.45, 2.75) is 25.8 Å². The second-order valence-electron chi connectivity index (χ2n) is 6.34. The molecule has 5 heteroatoms. The first kappa shape index (κ1) is 17.8. The number of halogens is 1. The van der Waals surface area contributed by atoms with Gasteiger partial charge in [0, 0.05) is 17.8 Å². The third kappa shape index (κ3) is 4.74. The fourth-order valence-electron chi connectivity index (χ4n) is 3.08. The molecule has 132 valence electrons. The van der Waals surface area contributed by atoms with E-state index in [0.717, 1.165) is 6.54 Å². The van der Waals surface area contributed by atoms with Crippen LogP contribution in [0.5, 0.6) is 5.75 Å². The Labute approximate surface area is 153 Å². The van der Waals surface area contributed by atoms with Crippen LogP contribution in [0.1, 0.15) is 35.2 Å². The van der Waals surface area contributed by atoms with Gasteiger partial charge in [-0.25, -0.2) is 0 Å². The molecular weight excluding hydrogens is 336 g/mol. The van der Waals surface area contributed by atoms with Gasteiger partial charge in [-0.3, -0.25) is 9.69 Å². The molecule has 4 nitrogen and oxygen atoms in total. The lowest BCUT2D eigenvalue weighted by Crippen LogP contribution is -2.29. The van der Waals surface area contributed by atoms with E-state index in [2.05, 4.69) is 10.2 Å². The lowest BCUT2D eigenvalue weighted by molar-refractivity contribution is 0.102. The van der Waals surface area contributed by atoms with Gasteiger partial charge in [-0.15, -0.1) is 0 Å². The summed E-state index contributed by atoms with van der Waals surface area (Å²) in [5.41, 5.74) is 2.52. The van der Waals surface area contributed by atoms with E-state index in [1.807, 2.05) is 24.3 Å². The molecule has 1 fully saturated rings. The predicted octanol–water partition coefficient (Wildman–Crippen LogP) is 4.59. The fraction of sp³-hybridized carbons (Fsp3) is 0.350. The minimum absolute atomic E-state index is 0.147. The highest BCUT2D eigenvalue weighted by Gasteiger charge is 2.12. The highest BCUT2D eigenvalue weighted by Crippen LogP contribution is 2.27. The first-order valence-electron chi connectivity index (χ1n) is 8.62. The number of rotatable bonds is 5. The average Bonchev–Trinajstić information content (AvgIpc) is 2.63. The summed E-state index contributed by atoms with van der Waals surface area (Å²) in [4.78, 5) is 14.9. The summed E-state index contributed by atoms with van der Waals surface area (Å²) in [6, 6.07) is 13.0. The zero-order valence-corrected chi connectivity index (χ0v) is 15.2. The van der Waals surface area contributed by atoms with E-state index < -0.39 is 0 Å². The maximum atomic E-state index is 12.4. The van der Waals surface area contributed by atoms with Crippen molar-refractivity contribution in [3.63, 3.8) is 0 Å². The van der Waals surface area contributed by atoms with Crippen LogP contribution < -0.4 is 10.1 Å². The molecule has 0 spiro atoms. The summed E-state index contributed by atoms with van der Waals surface area (Å²) in [6.45, 7) is 3.29. The van der Waals surface area contributed by atoms with Crippen LogP contribution in [0, 0.1) is 0 Å². The van der Waals surface area contributed by atoms with E-state index in [-0.39, 0.29) is 5.91 Å². The van der Waals surface area contributed by atoms with Crippen molar-refractivity contribution >= 4 is 23.2 Å². The molecule has 0 aromatic heterocycles. The summed E-state index contributed by atoms with van der Waals surface area (Å²) in [6.07, 6.45) is 3.90. The first-order chi connectivity index (χ1) is 12.2. The van der Waals surface area contributed by atoms with Crippen molar-refractivity contribution < 1.29 is 9.53 Å². The largest absolute Gasteiger partial charge is 0.495 e. The number of nitrogens with zero attached hydrogens (tertiary/aromatic N) is 1. The minimum Gasteiger partial charge on any atom is -0.495 e. The van der Waals surface area contributed by atoms with Crippen LogP contribution in [0.15, 0.2) is 42.5 Å². The van der Waals surface area contributed by atoms with E-state index in [1.54, 1.807) is 25.3 Å². The molecular formula is C20H23ClN2O2. The summed E-state index contributed by atoms with van der Waals surface area (Å²) in [5, 5.41) is 3.33. The Morgan fingerprint density at radius 3 is 2.48 bits per heavy atom. The third-order valence-corrected chi connectivity index (χ3v) is 4.78. The predicted molar refractivity (Wildman–Crippen MR) is 102 cm³/mol. The Bertz CT molecular complexity index is 725. The molecule has 0 bridgehead atoms. The van der Waals surface area contributed by atoms with E-state index in [9.17, 15) is 4.79 Å². The van der Waals surface area contributed by atoms with Crippen molar-refractivity contribution in [3.05, 3.63) is 58.6 Å². The number of hydrogen-bond acceptors (Lipinski definition) is 3. The lowest BCUT2D eigenvalue weighted by atomic mass is 10.1. The van der Waals surface area contributed by atoms with Gasteiger partial charge in [0.25, 0.3) is 5.91 Å². The van der Waals surface area contributed by atoms with E-state index in [1.165, 1.54) is 37.9 Å². The van der Waals surface area contributed by atoms with Gasteiger partial charge < -0.3 is 10.1 Å². The third-order valence-electron chi connectivity index (χ3n) is 4.48. The average molecular weight is 359 g/mol. The molecule has 2 aromatic carbocycles. The van der Waals surface area contributed by atoms with Crippen molar-refractivity contribution in [2.24, 2.45) is 0 Å². The molecule has 1 heterocycles. The lowest BCUT2D eigenvalue weighted by Gasteiger charge is -2.26. The second-order valence-corrected chi connectivity index (χ2v) is 6.74. The molecule has 1 saturated heterocycles. The molecule has 0 atom stereocenters. The number of carbonyl (C=O) groups is 1. The second kappa shape index (κ2) is 8.37. The SMILES string of the molecule is COc1ccc(NC(=O)c2ccc(CN3CCCCC3)cc2)cc1Cl. The fourth-order valence-corrected chi connectivity index (χ4v) is 3.34. The van der Waals surface area contributed by atoms with E-state index in [0.29, 0.717) is 22.0 Å². The van der Waals surface area contributed by atoms with Gasteiger partial charge in [0.1, 0.15) is 5.75 Å². The Hall–Kier alpha value is -2.04. The number of carbonyl (C=O) groups excluding carboxylic acids is 1. The smallest absolute Gasteiger partial charge is 0.255 e. The van der Waals surface area contributed by atoms with Crippen molar-refractivity contribution in [3.8, 4) is 5.75 Å². The van der Waals surface area contributed by atoms with Gasteiger partial charge >= 0.3 is 0 Å². The van der Waals surface area contributed by atoms with Gasteiger partial charge in [-0.05, 0) is 61.8 Å². The quantitative estimate of drug-likeness (QED) is 0.850. The monoisotopic (exact) mass is 358 g/mol. The van der Waals surface area contributed by atoms with Crippen molar-refractivity contribution in [2.75, 3.05) is 25.5 Å². The van der Waals surface area contributed by atoms with Gasteiger partial charge in [-0.2, -0.15) is 0 Å². The Morgan fingerprint density at radius 1 is 1.12 bits per heavy atom. The van der Waals surface area contributed by atoms with Crippen LogP contribution in [-0.4, -0.2) is 31.0 Å². The first-order valence-corrected chi connectivity index (χ1v) is 9.00. The zero-order valence-electron chi connectivity index (χ0n) is 14.4. The number of likely N-dealkylation sites (tertiary alicyclic amines) is 1. The van der Waals surface area contributed by atoms with Crippen LogP contribution >= 0.6 is 11.6 Å². The normalized spacial score (nSPS) is 15.0. The number of anilines is 1. The van der Waals surface area contributed by atoms with Gasteiger partial charge in [0.2, 0.25) is 0 Å². The summed E-state index contributed by atoms with van der Waals surface area (Å²) in [7, 11) is 1.56. The highest BCUT2D eigenvalue weighted by molar-refractivity contribution is 6.32. The molecule has 1 aliphatic rings. The summed E-state index contributed by atoms with van der Waals surface area (Å²) >= 11 is 6.09. The maximum absolute atomic E-state index is 12.4. The number of amides is 1. The van der Waals surface area contributed by atoms with Crippen molar-refractivity contribution in [1.29, 1.82) is 0 Å². The number of methoxy groups -OCH3 is 1. The molecule has 0 saturated carbocycles.